The van der Waals surface area contributed by atoms with Crippen LogP contribution in [-0.2, 0) is 11.3 Å². The van der Waals surface area contributed by atoms with E-state index in [0.717, 1.165) is 20.2 Å². The first kappa shape index (κ1) is 15.8. The van der Waals surface area contributed by atoms with E-state index in [-0.39, 0.29) is 6.10 Å². The lowest BCUT2D eigenvalue weighted by molar-refractivity contribution is 0.0576. The lowest BCUT2D eigenvalue weighted by Crippen LogP contribution is -2.06. The van der Waals surface area contributed by atoms with Gasteiger partial charge in [-0.3, -0.25) is 0 Å². The molecular weight excluding hydrogens is 431 g/mol. The molecule has 0 N–H and O–H groups in total. The molecule has 0 fully saturated rings. The second-order valence-corrected chi connectivity index (χ2v) is 6.15. The lowest BCUT2D eigenvalue weighted by atomic mass is 10.1. The SMILES string of the molecule is COc1cccc(COC(CI)c2ccc(Br)cc2)c1. The number of hydrogen-bond donors (Lipinski definition) is 0. The number of hydrogen-bond acceptors (Lipinski definition) is 2. The minimum atomic E-state index is 0.106. The van der Waals surface area contributed by atoms with E-state index in [4.69, 9.17) is 9.47 Å². The fraction of sp³-hybridized carbons (Fsp3) is 0.250. The predicted molar refractivity (Wildman–Crippen MR) is 93.6 cm³/mol. The molecule has 1 atom stereocenters. The van der Waals surface area contributed by atoms with E-state index in [0.29, 0.717) is 6.61 Å². The highest BCUT2D eigenvalue weighted by molar-refractivity contribution is 14.1. The average molecular weight is 447 g/mol. The summed E-state index contributed by atoms with van der Waals surface area (Å²) in [4.78, 5) is 0. The maximum Gasteiger partial charge on any atom is 0.119 e. The Morgan fingerprint density at radius 2 is 1.90 bits per heavy atom. The van der Waals surface area contributed by atoms with E-state index in [1.165, 1.54) is 5.56 Å². The monoisotopic (exact) mass is 446 g/mol. The molecule has 0 aliphatic heterocycles. The van der Waals surface area contributed by atoms with Crippen molar-refractivity contribution in [3.63, 3.8) is 0 Å². The van der Waals surface area contributed by atoms with Crippen LogP contribution < -0.4 is 4.74 Å². The van der Waals surface area contributed by atoms with Crippen molar-refractivity contribution in [1.82, 2.24) is 0 Å². The van der Waals surface area contributed by atoms with Crippen molar-refractivity contribution >= 4 is 38.5 Å². The zero-order chi connectivity index (χ0) is 14.4. The van der Waals surface area contributed by atoms with Gasteiger partial charge in [-0.05, 0) is 35.4 Å². The highest BCUT2D eigenvalue weighted by atomic mass is 127. The van der Waals surface area contributed by atoms with Crippen LogP contribution in [-0.4, -0.2) is 11.5 Å². The van der Waals surface area contributed by atoms with E-state index in [9.17, 15) is 0 Å². The molecule has 106 valence electrons. The quantitative estimate of drug-likeness (QED) is 0.451. The van der Waals surface area contributed by atoms with Crippen LogP contribution in [0.5, 0.6) is 5.75 Å². The Labute approximate surface area is 141 Å². The topological polar surface area (TPSA) is 18.5 Å². The molecule has 0 saturated heterocycles. The largest absolute Gasteiger partial charge is 0.497 e. The molecular formula is C16H16BrIO2. The van der Waals surface area contributed by atoms with Crippen LogP contribution in [0.4, 0.5) is 0 Å². The normalized spacial score (nSPS) is 12.2. The molecule has 0 spiro atoms. The van der Waals surface area contributed by atoms with Crippen molar-refractivity contribution in [2.75, 3.05) is 11.5 Å². The first-order valence-corrected chi connectivity index (χ1v) is 8.60. The number of halogens is 2. The average Bonchev–Trinajstić information content (AvgIpc) is 2.50. The molecule has 0 saturated carbocycles. The van der Waals surface area contributed by atoms with Gasteiger partial charge in [0.05, 0.1) is 19.8 Å². The summed E-state index contributed by atoms with van der Waals surface area (Å²) < 4.78 is 13.3. The maximum atomic E-state index is 6.02. The second-order valence-electron chi connectivity index (χ2n) is 4.36. The number of methoxy groups -OCH3 is 1. The molecule has 2 aromatic rings. The van der Waals surface area contributed by atoms with Gasteiger partial charge >= 0.3 is 0 Å². The van der Waals surface area contributed by atoms with Gasteiger partial charge in [0.1, 0.15) is 5.75 Å². The van der Waals surface area contributed by atoms with Crippen LogP contribution in [0.3, 0.4) is 0 Å². The van der Waals surface area contributed by atoms with Crippen molar-refractivity contribution in [3.05, 3.63) is 64.1 Å². The maximum absolute atomic E-state index is 6.02. The van der Waals surface area contributed by atoms with Crippen molar-refractivity contribution in [2.45, 2.75) is 12.7 Å². The first-order valence-electron chi connectivity index (χ1n) is 6.29. The third-order valence-corrected chi connectivity index (χ3v) is 4.30. The van der Waals surface area contributed by atoms with Crippen molar-refractivity contribution in [2.24, 2.45) is 0 Å². The number of benzene rings is 2. The van der Waals surface area contributed by atoms with Crippen LogP contribution in [0.25, 0.3) is 0 Å². The summed E-state index contributed by atoms with van der Waals surface area (Å²) in [5.41, 5.74) is 2.32. The molecule has 1 unspecified atom stereocenters. The lowest BCUT2D eigenvalue weighted by Gasteiger charge is -2.16. The molecule has 2 rings (SSSR count). The zero-order valence-corrected chi connectivity index (χ0v) is 14.9. The van der Waals surface area contributed by atoms with Gasteiger partial charge in [0.2, 0.25) is 0 Å². The van der Waals surface area contributed by atoms with Gasteiger partial charge in [-0.25, -0.2) is 0 Å². The van der Waals surface area contributed by atoms with Gasteiger partial charge in [-0.2, -0.15) is 0 Å². The number of rotatable bonds is 6. The van der Waals surface area contributed by atoms with Crippen LogP contribution in [0.2, 0.25) is 0 Å². The summed E-state index contributed by atoms with van der Waals surface area (Å²) in [6.07, 6.45) is 0.106. The number of ether oxygens (including phenoxy) is 2. The molecule has 0 bridgehead atoms. The molecule has 0 aromatic heterocycles. The Kier molecular flexibility index (Phi) is 6.32. The van der Waals surface area contributed by atoms with Gasteiger partial charge in [0.15, 0.2) is 0 Å². The molecule has 4 heteroatoms. The van der Waals surface area contributed by atoms with Gasteiger partial charge < -0.3 is 9.47 Å². The molecule has 0 heterocycles. The third-order valence-electron chi connectivity index (χ3n) is 2.97. The van der Waals surface area contributed by atoms with Crippen molar-refractivity contribution in [3.8, 4) is 5.75 Å². The molecule has 20 heavy (non-hydrogen) atoms. The zero-order valence-electron chi connectivity index (χ0n) is 11.2. The Hall–Kier alpha value is -0.590. The minimum absolute atomic E-state index is 0.106. The molecule has 0 aliphatic rings. The summed E-state index contributed by atoms with van der Waals surface area (Å²) in [6.45, 7) is 0.584. The highest BCUT2D eigenvalue weighted by Crippen LogP contribution is 2.24. The summed E-state index contributed by atoms with van der Waals surface area (Å²) in [6, 6.07) is 16.3. The Bertz CT molecular complexity index is 542. The van der Waals surface area contributed by atoms with E-state index in [1.54, 1.807) is 7.11 Å². The van der Waals surface area contributed by atoms with Gasteiger partial charge in [-0.1, -0.05) is 62.8 Å². The summed E-state index contributed by atoms with van der Waals surface area (Å²) in [7, 11) is 1.68. The molecule has 0 aliphatic carbocycles. The Balaban J connectivity index is 2.01. The smallest absolute Gasteiger partial charge is 0.119 e. The van der Waals surface area contributed by atoms with Crippen molar-refractivity contribution in [1.29, 1.82) is 0 Å². The molecule has 0 amide bonds. The standard InChI is InChI=1S/C16H16BrIO2/c1-19-15-4-2-3-12(9-15)11-20-16(10-18)13-5-7-14(17)8-6-13/h2-9,16H,10-11H2,1H3. The van der Waals surface area contributed by atoms with Gasteiger partial charge in [0.25, 0.3) is 0 Å². The molecule has 2 aromatic carbocycles. The highest BCUT2D eigenvalue weighted by Gasteiger charge is 2.10. The fourth-order valence-corrected chi connectivity index (χ4v) is 2.89. The minimum Gasteiger partial charge on any atom is -0.497 e. The van der Waals surface area contributed by atoms with Gasteiger partial charge in [-0.15, -0.1) is 0 Å². The van der Waals surface area contributed by atoms with Crippen LogP contribution in [0.1, 0.15) is 17.2 Å². The summed E-state index contributed by atoms with van der Waals surface area (Å²) in [5.74, 6) is 0.862. The summed E-state index contributed by atoms with van der Waals surface area (Å²) >= 11 is 5.81. The first-order chi connectivity index (χ1) is 9.72. The van der Waals surface area contributed by atoms with E-state index >= 15 is 0 Å². The Morgan fingerprint density at radius 1 is 1.15 bits per heavy atom. The fourth-order valence-electron chi connectivity index (χ4n) is 1.87. The third kappa shape index (κ3) is 4.46. The Morgan fingerprint density at radius 3 is 2.55 bits per heavy atom. The summed E-state index contributed by atoms with van der Waals surface area (Å²) in [5, 5.41) is 0. The van der Waals surface area contributed by atoms with Crippen LogP contribution >= 0.6 is 38.5 Å². The molecule has 2 nitrogen and oxygen atoms in total. The van der Waals surface area contributed by atoms with E-state index in [1.807, 2.05) is 36.4 Å². The predicted octanol–water partition coefficient (Wildman–Crippen LogP) is 5.15. The second kappa shape index (κ2) is 8.00. The molecule has 0 radical (unpaired) electrons. The van der Waals surface area contributed by atoms with Crippen LogP contribution in [0.15, 0.2) is 53.0 Å². The van der Waals surface area contributed by atoms with Gasteiger partial charge in [0, 0.05) is 8.90 Å². The van der Waals surface area contributed by atoms with Crippen molar-refractivity contribution < 1.29 is 9.47 Å². The van der Waals surface area contributed by atoms with Crippen LogP contribution in [0, 0.1) is 0 Å². The van der Waals surface area contributed by atoms with E-state index in [2.05, 4.69) is 50.7 Å². The number of alkyl halides is 1. The van der Waals surface area contributed by atoms with E-state index < -0.39 is 0 Å².